The lowest BCUT2D eigenvalue weighted by atomic mass is 9.62. The van der Waals surface area contributed by atoms with Crippen molar-refractivity contribution in [1.29, 1.82) is 0 Å². The van der Waals surface area contributed by atoms with E-state index >= 15 is 0 Å². The molecule has 0 spiro atoms. The Morgan fingerprint density at radius 2 is 1.94 bits per heavy atom. The highest BCUT2D eigenvalue weighted by atomic mass is 16.3. The predicted molar refractivity (Wildman–Crippen MR) is 70.4 cm³/mol. The van der Waals surface area contributed by atoms with Crippen LogP contribution in [0.15, 0.2) is 0 Å². The third kappa shape index (κ3) is 3.48. The highest BCUT2D eigenvalue weighted by Gasteiger charge is 2.36. The van der Waals surface area contributed by atoms with Crippen molar-refractivity contribution in [3.05, 3.63) is 0 Å². The molecule has 0 aliphatic heterocycles. The first-order chi connectivity index (χ1) is 7.34. The molecule has 1 nitrogen and oxygen atoms in total. The van der Waals surface area contributed by atoms with E-state index in [0.717, 1.165) is 18.3 Å². The van der Waals surface area contributed by atoms with Crippen LogP contribution in [0.1, 0.15) is 66.7 Å². The molecule has 1 heteroatoms. The Morgan fingerprint density at radius 1 is 1.31 bits per heavy atom. The van der Waals surface area contributed by atoms with Crippen molar-refractivity contribution in [1.82, 2.24) is 0 Å². The van der Waals surface area contributed by atoms with Gasteiger partial charge in [-0.1, -0.05) is 47.5 Å². The monoisotopic (exact) mass is 226 g/mol. The molecule has 1 N–H and O–H groups in total. The molecule has 0 heterocycles. The molecule has 1 unspecified atom stereocenters. The van der Waals surface area contributed by atoms with Crippen LogP contribution in [0.3, 0.4) is 0 Å². The lowest BCUT2D eigenvalue weighted by Crippen LogP contribution is -2.34. The van der Waals surface area contributed by atoms with Gasteiger partial charge in [0.15, 0.2) is 0 Å². The van der Waals surface area contributed by atoms with Gasteiger partial charge in [0.1, 0.15) is 0 Å². The zero-order valence-electron chi connectivity index (χ0n) is 11.8. The van der Waals surface area contributed by atoms with Crippen LogP contribution < -0.4 is 0 Å². The Kier molecular flexibility index (Phi) is 4.85. The average molecular weight is 226 g/mol. The lowest BCUT2D eigenvalue weighted by Gasteiger charge is -2.43. The summed E-state index contributed by atoms with van der Waals surface area (Å²) < 4.78 is 0. The Morgan fingerprint density at radius 3 is 2.44 bits per heavy atom. The summed E-state index contributed by atoms with van der Waals surface area (Å²) in [5.41, 5.74) is 0.481. The van der Waals surface area contributed by atoms with Crippen molar-refractivity contribution in [3.8, 4) is 0 Å². The summed E-state index contributed by atoms with van der Waals surface area (Å²) in [6, 6.07) is 0. The highest BCUT2D eigenvalue weighted by Crippen LogP contribution is 2.46. The summed E-state index contributed by atoms with van der Waals surface area (Å²) in [6.45, 7) is 11.4. The topological polar surface area (TPSA) is 20.2 Å². The third-order valence-electron chi connectivity index (χ3n) is 4.71. The molecule has 0 saturated heterocycles. The minimum absolute atomic E-state index is 0.107. The third-order valence-corrected chi connectivity index (χ3v) is 4.71. The van der Waals surface area contributed by atoms with Crippen molar-refractivity contribution in [3.63, 3.8) is 0 Å². The number of aliphatic hydroxyl groups is 1. The van der Waals surface area contributed by atoms with Crippen LogP contribution in [-0.4, -0.2) is 11.2 Å². The summed E-state index contributed by atoms with van der Waals surface area (Å²) in [5, 5.41) is 9.91. The fraction of sp³-hybridized carbons (Fsp3) is 1.00. The number of hydrogen-bond donors (Lipinski definition) is 1. The van der Waals surface area contributed by atoms with E-state index in [2.05, 4.69) is 34.6 Å². The molecule has 16 heavy (non-hydrogen) atoms. The SMILES string of the molecule is CC(C)C(O)CC[C@H]1[C@@H](C)CCCC1(C)C. The maximum absolute atomic E-state index is 9.91. The normalized spacial score (nSPS) is 31.7. The largest absolute Gasteiger partial charge is 0.393 e. The molecule has 1 saturated carbocycles. The van der Waals surface area contributed by atoms with Gasteiger partial charge >= 0.3 is 0 Å². The Bertz CT molecular complexity index is 207. The summed E-state index contributed by atoms with van der Waals surface area (Å²) in [5.74, 6) is 2.04. The van der Waals surface area contributed by atoms with Crippen LogP contribution in [0.4, 0.5) is 0 Å². The van der Waals surface area contributed by atoms with Gasteiger partial charge in [0.2, 0.25) is 0 Å². The summed E-state index contributed by atoms with van der Waals surface area (Å²) in [6.07, 6.45) is 6.21. The quantitative estimate of drug-likeness (QED) is 0.760. The van der Waals surface area contributed by atoms with E-state index < -0.39 is 0 Å². The van der Waals surface area contributed by atoms with Gasteiger partial charge in [-0.05, 0) is 42.4 Å². The van der Waals surface area contributed by atoms with Crippen LogP contribution >= 0.6 is 0 Å². The van der Waals surface area contributed by atoms with Gasteiger partial charge in [-0.2, -0.15) is 0 Å². The molecular weight excluding hydrogens is 196 g/mol. The van der Waals surface area contributed by atoms with Crippen LogP contribution in [-0.2, 0) is 0 Å². The number of hydrogen-bond acceptors (Lipinski definition) is 1. The van der Waals surface area contributed by atoms with Crippen LogP contribution in [0.5, 0.6) is 0 Å². The minimum atomic E-state index is -0.107. The Balaban J connectivity index is 2.49. The average Bonchev–Trinajstić information content (AvgIpc) is 2.15. The van der Waals surface area contributed by atoms with Crippen LogP contribution in [0.2, 0.25) is 0 Å². The van der Waals surface area contributed by atoms with E-state index in [-0.39, 0.29) is 6.10 Å². The van der Waals surface area contributed by atoms with Crippen molar-refractivity contribution in [2.45, 2.75) is 72.8 Å². The Labute approximate surface area is 102 Å². The number of aliphatic hydroxyl groups excluding tert-OH is 1. The van der Waals surface area contributed by atoms with E-state index in [1.54, 1.807) is 0 Å². The number of rotatable bonds is 4. The molecular formula is C15H30O. The highest BCUT2D eigenvalue weighted by molar-refractivity contribution is 4.86. The van der Waals surface area contributed by atoms with Crippen molar-refractivity contribution >= 4 is 0 Å². The first kappa shape index (κ1) is 14.0. The fourth-order valence-corrected chi connectivity index (χ4v) is 3.40. The summed E-state index contributed by atoms with van der Waals surface area (Å²) >= 11 is 0. The molecule has 96 valence electrons. The maximum Gasteiger partial charge on any atom is 0.0563 e. The van der Waals surface area contributed by atoms with Gasteiger partial charge in [-0.25, -0.2) is 0 Å². The first-order valence-electron chi connectivity index (χ1n) is 7.02. The molecule has 0 radical (unpaired) electrons. The van der Waals surface area contributed by atoms with Gasteiger partial charge in [0.25, 0.3) is 0 Å². The summed E-state index contributed by atoms with van der Waals surface area (Å²) in [4.78, 5) is 0. The Hall–Kier alpha value is -0.0400. The first-order valence-corrected chi connectivity index (χ1v) is 7.02. The van der Waals surface area contributed by atoms with Crippen LogP contribution in [0, 0.1) is 23.2 Å². The smallest absolute Gasteiger partial charge is 0.0563 e. The van der Waals surface area contributed by atoms with Gasteiger partial charge in [-0.15, -0.1) is 0 Å². The molecule has 0 aromatic heterocycles. The zero-order chi connectivity index (χ0) is 12.3. The van der Waals surface area contributed by atoms with Crippen LogP contribution in [0.25, 0.3) is 0 Å². The van der Waals surface area contributed by atoms with Gasteiger partial charge in [0.05, 0.1) is 6.10 Å². The molecule has 1 aliphatic rings. The second-order valence-corrected chi connectivity index (χ2v) is 6.85. The molecule has 3 atom stereocenters. The molecule has 0 bridgehead atoms. The van der Waals surface area contributed by atoms with Gasteiger partial charge in [0, 0.05) is 0 Å². The molecule has 1 rings (SSSR count). The molecule has 0 amide bonds. The lowest BCUT2D eigenvalue weighted by molar-refractivity contribution is 0.0472. The molecule has 1 fully saturated rings. The summed E-state index contributed by atoms with van der Waals surface area (Å²) in [7, 11) is 0. The molecule has 0 aromatic carbocycles. The predicted octanol–water partition coefficient (Wildman–Crippen LogP) is 4.25. The molecule has 0 aromatic rings. The minimum Gasteiger partial charge on any atom is -0.393 e. The van der Waals surface area contributed by atoms with Crippen molar-refractivity contribution in [2.75, 3.05) is 0 Å². The van der Waals surface area contributed by atoms with Gasteiger partial charge < -0.3 is 5.11 Å². The fourth-order valence-electron chi connectivity index (χ4n) is 3.40. The van der Waals surface area contributed by atoms with Crippen molar-refractivity contribution in [2.24, 2.45) is 23.2 Å². The van der Waals surface area contributed by atoms with E-state index in [0.29, 0.717) is 11.3 Å². The van der Waals surface area contributed by atoms with E-state index in [9.17, 15) is 5.11 Å². The molecule has 1 aliphatic carbocycles. The zero-order valence-corrected chi connectivity index (χ0v) is 11.8. The van der Waals surface area contributed by atoms with E-state index in [4.69, 9.17) is 0 Å². The van der Waals surface area contributed by atoms with E-state index in [1.807, 2.05) is 0 Å². The van der Waals surface area contributed by atoms with Crippen molar-refractivity contribution < 1.29 is 5.11 Å². The van der Waals surface area contributed by atoms with E-state index in [1.165, 1.54) is 25.7 Å². The second-order valence-electron chi connectivity index (χ2n) is 6.85. The van der Waals surface area contributed by atoms with Gasteiger partial charge in [-0.3, -0.25) is 0 Å². The second kappa shape index (κ2) is 5.53. The maximum atomic E-state index is 9.91. The standard InChI is InChI=1S/C15H30O/c1-11(2)14(16)9-8-13-12(3)7-6-10-15(13,4)5/h11-14,16H,6-10H2,1-5H3/t12-,13-,14?/m0/s1.